The molecule has 2 fully saturated rings. The van der Waals surface area contributed by atoms with Crippen molar-refractivity contribution in [2.24, 2.45) is 17.6 Å². The predicted octanol–water partition coefficient (Wildman–Crippen LogP) is 3.75. The smallest absolute Gasteiger partial charge is 0.254 e. The summed E-state index contributed by atoms with van der Waals surface area (Å²) >= 11 is 0. The Hall–Kier alpha value is -4.94. The number of aromatic nitrogens is 4. The Bertz CT molecular complexity index is 1710. The van der Waals surface area contributed by atoms with Crippen molar-refractivity contribution < 1.29 is 19.1 Å². The quantitative estimate of drug-likeness (QED) is 0.201. The van der Waals surface area contributed by atoms with Crippen LogP contribution in [0.25, 0.3) is 22.5 Å². The van der Waals surface area contributed by atoms with Crippen LogP contribution in [0.5, 0.6) is 0 Å². The van der Waals surface area contributed by atoms with E-state index in [0.29, 0.717) is 55.8 Å². The van der Waals surface area contributed by atoms with Gasteiger partial charge in [0.05, 0.1) is 13.2 Å². The molecule has 2 aliphatic rings. The predicted molar refractivity (Wildman–Crippen MR) is 182 cm³/mol. The van der Waals surface area contributed by atoms with E-state index < -0.39 is 6.04 Å². The van der Waals surface area contributed by atoms with Gasteiger partial charge in [0, 0.05) is 42.2 Å². The van der Waals surface area contributed by atoms with E-state index in [4.69, 9.17) is 10.5 Å². The third-order valence-corrected chi connectivity index (χ3v) is 9.40. The largest absolute Gasteiger partial charge is 0.378 e. The molecule has 0 radical (unpaired) electrons. The van der Waals surface area contributed by atoms with Gasteiger partial charge < -0.3 is 26.0 Å². The molecule has 1 atom stereocenters. The SMILES string of the molecule is Cc1ccc(C[C@H](NC(=O)C2CCC(CN)CC2)C(=O)Nc2ccc(-c3nn[nH]n3)cc2)cc1-c1cccc(C(=O)N2CCOCC2)c1. The molecule has 0 spiro atoms. The monoisotopic (exact) mass is 650 g/mol. The van der Waals surface area contributed by atoms with Gasteiger partial charge >= 0.3 is 0 Å². The first-order valence-corrected chi connectivity index (χ1v) is 16.6. The van der Waals surface area contributed by atoms with Crippen molar-refractivity contribution in [3.05, 3.63) is 83.4 Å². The minimum absolute atomic E-state index is 0.0146. The maximum absolute atomic E-state index is 13.8. The number of benzene rings is 3. The van der Waals surface area contributed by atoms with E-state index in [0.717, 1.165) is 53.5 Å². The summed E-state index contributed by atoms with van der Waals surface area (Å²) in [4.78, 5) is 42.4. The molecule has 0 unspecified atom stereocenters. The van der Waals surface area contributed by atoms with Crippen LogP contribution in [-0.2, 0) is 20.7 Å². The fourth-order valence-corrected chi connectivity index (χ4v) is 6.49. The molecular weight excluding hydrogens is 608 g/mol. The van der Waals surface area contributed by atoms with Crippen molar-refractivity contribution in [3.8, 4) is 22.5 Å². The van der Waals surface area contributed by atoms with E-state index >= 15 is 0 Å². The molecule has 3 aromatic carbocycles. The van der Waals surface area contributed by atoms with Crippen LogP contribution in [0, 0.1) is 18.8 Å². The Morgan fingerprint density at radius 3 is 2.46 bits per heavy atom. The number of hydrogen-bond donors (Lipinski definition) is 4. The van der Waals surface area contributed by atoms with Crippen molar-refractivity contribution in [1.82, 2.24) is 30.8 Å². The lowest BCUT2D eigenvalue weighted by atomic mass is 9.81. The number of rotatable bonds is 10. The van der Waals surface area contributed by atoms with Crippen LogP contribution in [-0.4, -0.2) is 82.1 Å². The molecule has 0 bridgehead atoms. The number of anilines is 1. The molecule has 6 rings (SSSR count). The molecule has 3 amide bonds. The Kier molecular flexibility index (Phi) is 10.5. The average molecular weight is 651 g/mol. The number of aryl methyl sites for hydroxylation is 1. The molecule has 12 heteroatoms. The lowest BCUT2D eigenvalue weighted by Crippen LogP contribution is -2.48. The first-order chi connectivity index (χ1) is 23.4. The maximum atomic E-state index is 13.8. The second kappa shape index (κ2) is 15.3. The van der Waals surface area contributed by atoms with Crippen molar-refractivity contribution in [1.29, 1.82) is 0 Å². The second-order valence-electron chi connectivity index (χ2n) is 12.7. The summed E-state index contributed by atoms with van der Waals surface area (Å²) in [6, 6.07) is 20.0. The summed E-state index contributed by atoms with van der Waals surface area (Å²) in [7, 11) is 0. The number of nitrogens with two attached hydrogens (primary N) is 1. The highest BCUT2D eigenvalue weighted by Crippen LogP contribution is 2.29. The Labute approximate surface area is 279 Å². The van der Waals surface area contributed by atoms with Crippen molar-refractivity contribution in [2.75, 3.05) is 38.2 Å². The normalized spacial score (nSPS) is 18.6. The molecule has 1 aromatic heterocycles. The number of amides is 3. The van der Waals surface area contributed by atoms with Gasteiger partial charge in [0.25, 0.3) is 5.91 Å². The Morgan fingerprint density at radius 2 is 1.75 bits per heavy atom. The van der Waals surface area contributed by atoms with Crippen molar-refractivity contribution in [3.63, 3.8) is 0 Å². The minimum Gasteiger partial charge on any atom is -0.378 e. The number of H-pyrrole nitrogens is 1. The fourth-order valence-electron chi connectivity index (χ4n) is 6.49. The molecule has 1 saturated carbocycles. The zero-order chi connectivity index (χ0) is 33.5. The lowest BCUT2D eigenvalue weighted by molar-refractivity contribution is -0.130. The van der Waals surface area contributed by atoms with Gasteiger partial charge in [-0.05, 0) is 109 Å². The van der Waals surface area contributed by atoms with Crippen LogP contribution in [0.3, 0.4) is 0 Å². The van der Waals surface area contributed by atoms with Gasteiger partial charge in [-0.1, -0.05) is 30.3 Å². The van der Waals surface area contributed by atoms with Gasteiger partial charge in [-0.25, -0.2) is 0 Å². The second-order valence-corrected chi connectivity index (χ2v) is 12.7. The van der Waals surface area contributed by atoms with Crippen LogP contribution in [0.1, 0.15) is 47.2 Å². The number of ether oxygens (including phenoxy) is 1. The highest BCUT2D eigenvalue weighted by Gasteiger charge is 2.30. The van der Waals surface area contributed by atoms with Crippen molar-refractivity contribution in [2.45, 2.75) is 45.1 Å². The van der Waals surface area contributed by atoms with E-state index in [1.807, 2.05) is 54.3 Å². The number of tetrazole rings is 1. The molecule has 2 heterocycles. The zero-order valence-corrected chi connectivity index (χ0v) is 27.2. The topological polar surface area (TPSA) is 168 Å². The highest BCUT2D eigenvalue weighted by atomic mass is 16.5. The molecule has 4 aromatic rings. The van der Waals surface area contributed by atoms with Gasteiger partial charge in [-0.15, -0.1) is 10.2 Å². The van der Waals surface area contributed by atoms with Crippen molar-refractivity contribution >= 4 is 23.4 Å². The molecule has 48 heavy (non-hydrogen) atoms. The number of aromatic amines is 1. The van der Waals surface area contributed by atoms with Gasteiger partial charge in [-0.3, -0.25) is 14.4 Å². The molecule has 12 nitrogen and oxygen atoms in total. The summed E-state index contributed by atoms with van der Waals surface area (Å²) in [5.74, 6) is 0.300. The van der Waals surface area contributed by atoms with Gasteiger partial charge in [0.1, 0.15) is 6.04 Å². The first kappa shape index (κ1) is 33.0. The van der Waals surface area contributed by atoms with Crippen LogP contribution in [0.4, 0.5) is 5.69 Å². The number of nitrogens with one attached hydrogen (secondary N) is 3. The van der Waals surface area contributed by atoms with Crippen LogP contribution >= 0.6 is 0 Å². The van der Waals surface area contributed by atoms with Gasteiger partial charge in [0.2, 0.25) is 17.6 Å². The third kappa shape index (κ3) is 7.95. The number of carbonyl (C=O) groups is 3. The van der Waals surface area contributed by atoms with E-state index in [2.05, 4.69) is 31.3 Å². The Balaban J connectivity index is 1.22. The molecule has 1 aliphatic carbocycles. The van der Waals surface area contributed by atoms with E-state index in [-0.39, 0.29) is 30.1 Å². The maximum Gasteiger partial charge on any atom is 0.254 e. The average Bonchev–Trinajstić information content (AvgIpc) is 3.68. The lowest BCUT2D eigenvalue weighted by Gasteiger charge is -2.28. The van der Waals surface area contributed by atoms with E-state index in [1.165, 1.54) is 0 Å². The summed E-state index contributed by atoms with van der Waals surface area (Å²) in [5, 5.41) is 20.1. The number of hydrogen-bond acceptors (Lipinski definition) is 8. The number of morpholine rings is 1. The standard InChI is InChI=1S/C36H42N8O4/c1-23-5-6-25(19-31(23)28-3-2-4-29(21-28)36(47)44-15-17-48-18-16-44)20-32(39-34(45)27-9-7-24(22-37)8-10-27)35(46)38-30-13-11-26(12-14-30)33-40-42-43-41-33/h2-6,11-14,19,21,24,27,32H,7-10,15-18,20,22,37H2,1H3,(H,38,46)(H,39,45)(H,40,41,42,43)/t24?,27?,32-/m0/s1. The van der Waals surface area contributed by atoms with Gasteiger partial charge in [0.15, 0.2) is 0 Å². The molecule has 5 N–H and O–H groups in total. The fraction of sp³-hybridized carbons (Fsp3) is 0.389. The number of carbonyl (C=O) groups excluding carboxylic acids is 3. The number of nitrogens with zero attached hydrogens (tertiary/aromatic N) is 4. The molecule has 1 aliphatic heterocycles. The summed E-state index contributed by atoms with van der Waals surface area (Å²) in [6.45, 7) is 4.88. The zero-order valence-electron chi connectivity index (χ0n) is 27.2. The molecule has 250 valence electrons. The highest BCUT2D eigenvalue weighted by molar-refractivity contribution is 5.98. The van der Waals surface area contributed by atoms with Crippen LogP contribution in [0.2, 0.25) is 0 Å². The van der Waals surface area contributed by atoms with Crippen LogP contribution in [0.15, 0.2) is 66.7 Å². The van der Waals surface area contributed by atoms with Gasteiger partial charge in [-0.2, -0.15) is 5.21 Å². The summed E-state index contributed by atoms with van der Waals surface area (Å²) < 4.78 is 5.41. The summed E-state index contributed by atoms with van der Waals surface area (Å²) in [6.07, 6.45) is 3.62. The van der Waals surface area contributed by atoms with E-state index in [1.54, 1.807) is 24.3 Å². The van der Waals surface area contributed by atoms with Crippen LogP contribution < -0.4 is 16.4 Å². The van der Waals surface area contributed by atoms with E-state index in [9.17, 15) is 14.4 Å². The summed E-state index contributed by atoms with van der Waals surface area (Å²) in [5.41, 5.74) is 11.6. The molecule has 1 saturated heterocycles. The minimum atomic E-state index is -0.814. The Morgan fingerprint density at radius 1 is 0.979 bits per heavy atom. The molecular formula is C36H42N8O4. The third-order valence-electron chi connectivity index (χ3n) is 9.40. The first-order valence-electron chi connectivity index (χ1n) is 16.6.